The first-order valence-electron chi connectivity index (χ1n) is 6.50. The molecule has 0 aromatic heterocycles. The Morgan fingerprint density at radius 1 is 1.16 bits per heavy atom. The van der Waals surface area contributed by atoms with E-state index in [2.05, 4.69) is 0 Å². The summed E-state index contributed by atoms with van der Waals surface area (Å²) in [6.07, 6.45) is 0.0425. The minimum Gasteiger partial charge on any atom is -0.445 e. The van der Waals surface area contributed by atoms with Crippen LogP contribution < -0.4 is 0 Å². The Kier molecular flexibility index (Phi) is 3.66. The average molecular weight is 263 g/mol. The van der Waals surface area contributed by atoms with Crippen molar-refractivity contribution in [2.45, 2.75) is 18.8 Å². The lowest BCUT2D eigenvalue weighted by atomic mass is 10.2. The highest BCUT2D eigenvalue weighted by molar-refractivity contribution is 5.67. The molecule has 2 aliphatic heterocycles. The summed E-state index contributed by atoms with van der Waals surface area (Å²) >= 11 is 0. The molecular weight excluding hydrogens is 246 g/mol. The maximum atomic E-state index is 12.0. The minimum atomic E-state index is -0.296. The van der Waals surface area contributed by atoms with E-state index >= 15 is 0 Å². The van der Waals surface area contributed by atoms with E-state index in [4.69, 9.17) is 14.2 Å². The van der Waals surface area contributed by atoms with Crippen LogP contribution in [-0.4, -0.2) is 49.5 Å². The van der Waals surface area contributed by atoms with Gasteiger partial charge in [-0.25, -0.2) is 4.79 Å². The van der Waals surface area contributed by atoms with Crippen molar-refractivity contribution in [3.8, 4) is 0 Å². The second-order valence-corrected chi connectivity index (χ2v) is 4.86. The van der Waals surface area contributed by atoms with Crippen LogP contribution in [0.5, 0.6) is 0 Å². The number of benzene rings is 1. The minimum absolute atomic E-state index is 0.169. The van der Waals surface area contributed by atoms with Gasteiger partial charge < -0.3 is 19.1 Å². The Hall–Kier alpha value is -1.59. The summed E-state index contributed by atoms with van der Waals surface area (Å²) in [6.45, 7) is 2.94. The number of carbonyl (C=O) groups excluding carboxylic acids is 1. The molecular formula is C14H17NO4. The molecule has 102 valence electrons. The first kappa shape index (κ1) is 12.4. The zero-order valence-corrected chi connectivity index (χ0v) is 10.7. The number of rotatable bonds is 6. The molecule has 2 atom stereocenters. The molecule has 2 fully saturated rings. The molecule has 0 radical (unpaired) electrons. The predicted octanol–water partition coefficient (Wildman–Crippen LogP) is 1.42. The second-order valence-electron chi connectivity index (χ2n) is 4.86. The maximum Gasteiger partial charge on any atom is 0.410 e. The van der Waals surface area contributed by atoms with E-state index in [-0.39, 0.29) is 18.3 Å². The zero-order chi connectivity index (χ0) is 13.1. The molecule has 0 bridgehead atoms. The standard InChI is InChI=1S/C14H17NO4/c16-14(19-8-11-4-2-1-3-5-11)15(6-12-9-17-12)7-13-10-18-13/h1-5,12-13H,6-10H2. The van der Waals surface area contributed by atoms with Crippen LogP contribution in [0.1, 0.15) is 5.56 Å². The van der Waals surface area contributed by atoms with E-state index in [1.165, 1.54) is 0 Å². The van der Waals surface area contributed by atoms with Crippen LogP contribution in [0, 0.1) is 0 Å². The summed E-state index contributed by atoms with van der Waals surface area (Å²) < 4.78 is 15.7. The van der Waals surface area contributed by atoms with Crippen molar-refractivity contribution in [1.82, 2.24) is 4.90 Å². The summed E-state index contributed by atoms with van der Waals surface area (Å²) in [6, 6.07) is 9.66. The van der Waals surface area contributed by atoms with Gasteiger partial charge in [0.25, 0.3) is 0 Å². The summed E-state index contributed by atoms with van der Waals surface area (Å²) in [5.74, 6) is 0. The summed E-state index contributed by atoms with van der Waals surface area (Å²) in [4.78, 5) is 13.7. The van der Waals surface area contributed by atoms with Gasteiger partial charge in [0.1, 0.15) is 6.61 Å². The Labute approximate surface area is 112 Å². The van der Waals surface area contributed by atoms with Crippen molar-refractivity contribution in [3.05, 3.63) is 35.9 Å². The van der Waals surface area contributed by atoms with Gasteiger partial charge >= 0.3 is 6.09 Å². The molecule has 0 spiro atoms. The number of amides is 1. The smallest absolute Gasteiger partial charge is 0.410 e. The lowest BCUT2D eigenvalue weighted by Crippen LogP contribution is -2.37. The van der Waals surface area contributed by atoms with Gasteiger partial charge in [-0.15, -0.1) is 0 Å². The van der Waals surface area contributed by atoms with E-state index in [0.717, 1.165) is 18.8 Å². The van der Waals surface area contributed by atoms with Gasteiger partial charge in [0.05, 0.1) is 38.5 Å². The molecule has 3 rings (SSSR count). The Morgan fingerprint density at radius 3 is 2.26 bits per heavy atom. The largest absolute Gasteiger partial charge is 0.445 e. The summed E-state index contributed by atoms with van der Waals surface area (Å²) in [5.41, 5.74) is 0.987. The average Bonchev–Trinajstić information content (AvgIpc) is 3.31. The predicted molar refractivity (Wildman–Crippen MR) is 67.7 cm³/mol. The molecule has 1 amide bonds. The van der Waals surface area contributed by atoms with Crippen LogP contribution in [-0.2, 0) is 20.8 Å². The fourth-order valence-corrected chi connectivity index (χ4v) is 1.87. The van der Waals surface area contributed by atoms with Gasteiger partial charge in [-0.1, -0.05) is 30.3 Å². The van der Waals surface area contributed by atoms with Crippen LogP contribution in [0.4, 0.5) is 4.79 Å². The summed E-state index contributed by atoms with van der Waals surface area (Å²) in [7, 11) is 0. The number of epoxide rings is 2. The van der Waals surface area contributed by atoms with Gasteiger partial charge in [-0.05, 0) is 5.56 Å². The SMILES string of the molecule is O=C(OCc1ccccc1)N(CC1CO1)CC1CO1. The first-order valence-corrected chi connectivity index (χ1v) is 6.50. The topological polar surface area (TPSA) is 54.6 Å². The van der Waals surface area contributed by atoms with E-state index in [1.807, 2.05) is 30.3 Å². The monoisotopic (exact) mass is 263 g/mol. The number of hydrogen-bond acceptors (Lipinski definition) is 4. The summed E-state index contributed by atoms with van der Waals surface area (Å²) in [5, 5.41) is 0. The Bertz CT molecular complexity index is 414. The molecule has 1 aromatic carbocycles. The van der Waals surface area contributed by atoms with E-state index in [1.54, 1.807) is 4.90 Å². The molecule has 0 aliphatic carbocycles. The third-order valence-electron chi connectivity index (χ3n) is 3.12. The zero-order valence-electron chi connectivity index (χ0n) is 10.7. The molecule has 0 N–H and O–H groups in total. The Morgan fingerprint density at radius 2 is 1.74 bits per heavy atom. The third kappa shape index (κ3) is 3.94. The van der Waals surface area contributed by atoms with Gasteiger partial charge in [-0.2, -0.15) is 0 Å². The molecule has 1 aromatic rings. The van der Waals surface area contributed by atoms with Crippen LogP contribution in [0.2, 0.25) is 0 Å². The van der Waals surface area contributed by atoms with Crippen molar-refractivity contribution < 1.29 is 19.0 Å². The molecule has 19 heavy (non-hydrogen) atoms. The van der Waals surface area contributed by atoms with Gasteiger partial charge in [0.2, 0.25) is 0 Å². The van der Waals surface area contributed by atoms with E-state index < -0.39 is 0 Å². The van der Waals surface area contributed by atoms with Gasteiger partial charge in [-0.3, -0.25) is 0 Å². The highest BCUT2D eigenvalue weighted by Gasteiger charge is 2.33. The normalized spacial score (nSPS) is 23.8. The van der Waals surface area contributed by atoms with Crippen molar-refractivity contribution in [2.75, 3.05) is 26.3 Å². The van der Waals surface area contributed by atoms with Crippen molar-refractivity contribution in [1.29, 1.82) is 0 Å². The van der Waals surface area contributed by atoms with Crippen molar-refractivity contribution >= 4 is 6.09 Å². The number of ether oxygens (including phenoxy) is 3. The van der Waals surface area contributed by atoms with E-state index in [9.17, 15) is 4.79 Å². The van der Waals surface area contributed by atoms with Crippen LogP contribution >= 0.6 is 0 Å². The quantitative estimate of drug-likeness (QED) is 0.728. The molecule has 2 aliphatic rings. The van der Waals surface area contributed by atoms with Crippen molar-refractivity contribution in [3.63, 3.8) is 0 Å². The fourth-order valence-electron chi connectivity index (χ4n) is 1.87. The van der Waals surface area contributed by atoms with E-state index in [0.29, 0.717) is 19.7 Å². The second kappa shape index (κ2) is 5.59. The first-order chi connectivity index (χ1) is 9.31. The lowest BCUT2D eigenvalue weighted by molar-refractivity contribution is 0.0904. The van der Waals surface area contributed by atoms with Gasteiger partial charge in [0, 0.05) is 0 Å². The van der Waals surface area contributed by atoms with Crippen LogP contribution in [0.15, 0.2) is 30.3 Å². The molecule has 2 saturated heterocycles. The molecule has 2 unspecified atom stereocenters. The molecule has 0 saturated carbocycles. The molecule has 5 nitrogen and oxygen atoms in total. The van der Waals surface area contributed by atoms with Gasteiger partial charge in [0.15, 0.2) is 0 Å². The molecule has 5 heteroatoms. The van der Waals surface area contributed by atoms with Crippen LogP contribution in [0.3, 0.4) is 0 Å². The molecule has 2 heterocycles. The number of hydrogen-bond donors (Lipinski definition) is 0. The Balaban J connectivity index is 1.50. The lowest BCUT2D eigenvalue weighted by Gasteiger charge is -2.20. The highest BCUT2D eigenvalue weighted by Crippen LogP contribution is 2.17. The fraction of sp³-hybridized carbons (Fsp3) is 0.500. The number of carbonyl (C=O) groups is 1. The highest BCUT2D eigenvalue weighted by atomic mass is 16.6. The number of nitrogens with zero attached hydrogens (tertiary/aromatic N) is 1. The maximum absolute atomic E-state index is 12.0. The van der Waals surface area contributed by atoms with Crippen molar-refractivity contribution in [2.24, 2.45) is 0 Å². The van der Waals surface area contributed by atoms with Crippen LogP contribution in [0.25, 0.3) is 0 Å². The third-order valence-corrected chi connectivity index (χ3v) is 3.12.